The van der Waals surface area contributed by atoms with Crippen molar-refractivity contribution in [3.63, 3.8) is 0 Å². The van der Waals surface area contributed by atoms with Crippen molar-refractivity contribution >= 4 is 5.82 Å². The molecule has 6 nitrogen and oxygen atoms in total. The Morgan fingerprint density at radius 1 is 1.16 bits per heavy atom. The molecule has 8 heteroatoms. The van der Waals surface area contributed by atoms with Gasteiger partial charge in [0.15, 0.2) is 11.6 Å². The standard InChI is InChI=1S/C17H19F2N3O3/c1-22(14-4-5-20-8-21-14)13-7-10(16(24)17(13)25)15(23)9-2-3-11(18)12(19)6-9/h2-6,8,10,13,15-17,23-25H,7H2,1H3/t10?,13?,15?,16-,17+/m1/s1. The summed E-state index contributed by atoms with van der Waals surface area (Å²) in [6, 6.07) is 4.27. The van der Waals surface area contributed by atoms with Crippen LogP contribution in [0.5, 0.6) is 0 Å². The zero-order chi connectivity index (χ0) is 18.1. The molecule has 1 aliphatic rings. The van der Waals surface area contributed by atoms with E-state index in [0.29, 0.717) is 5.82 Å². The van der Waals surface area contributed by atoms with Crippen LogP contribution in [0, 0.1) is 17.6 Å². The number of likely N-dealkylation sites (N-methyl/N-ethyl adjacent to an activating group) is 1. The molecule has 0 spiro atoms. The summed E-state index contributed by atoms with van der Waals surface area (Å²) in [7, 11) is 1.72. The van der Waals surface area contributed by atoms with Crippen LogP contribution >= 0.6 is 0 Å². The second kappa shape index (κ2) is 6.99. The van der Waals surface area contributed by atoms with Gasteiger partial charge in [0, 0.05) is 19.2 Å². The molecule has 1 aliphatic carbocycles. The highest BCUT2D eigenvalue weighted by Crippen LogP contribution is 2.39. The van der Waals surface area contributed by atoms with Crippen molar-refractivity contribution in [2.24, 2.45) is 5.92 Å². The fourth-order valence-corrected chi connectivity index (χ4v) is 3.35. The molecule has 25 heavy (non-hydrogen) atoms. The molecule has 1 saturated carbocycles. The van der Waals surface area contributed by atoms with Crippen LogP contribution in [-0.2, 0) is 0 Å². The van der Waals surface area contributed by atoms with Crippen molar-refractivity contribution in [1.82, 2.24) is 9.97 Å². The van der Waals surface area contributed by atoms with Gasteiger partial charge in [-0.05, 0) is 30.2 Å². The Kier molecular flexibility index (Phi) is 4.94. The monoisotopic (exact) mass is 351 g/mol. The van der Waals surface area contributed by atoms with Gasteiger partial charge in [0.05, 0.1) is 18.2 Å². The van der Waals surface area contributed by atoms with Crippen molar-refractivity contribution in [3.05, 3.63) is 54.0 Å². The Balaban J connectivity index is 1.80. The first-order valence-corrected chi connectivity index (χ1v) is 7.88. The smallest absolute Gasteiger partial charge is 0.159 e. The molecule has 2 aromatic rings. The van der Waals surface area contributed by atoms with Crippen molar-refractivity contribution in [1.29, 1.82) is 0 Å². The lowest BCUT2D eigenvalue weighted by molar-refractivity contribution is -0.0232. The second-order valence-electron chi connectivity index (χ2n) is 6.24. The minimum Gasteiger partial charge on any atom is -0.390 e. The minimum absolute atomic E-state index is 0.153. The summed E-state index contributed by atoms with van der Waals surface area (Å²) < 4.78 is 26.5. The number of halogens is 2. The number of hydrogen-bond donors (Lipinski definition) is 3. The van der Waals surface area contributed by atoms with Crippen LogP contribution in [0.2, 0.25) is 0 Å². The van der Waals surface area contributed by atoms with Crippen LogP contribution in [0.15, 0.2) is 36.8 Å². The van der Waals surface area contributed by atoms with Crippen LogP contribution < -0.4 is 4.90 Å². The van der Waals surface area contributed by atoms with Gasteiger partial charge in [-0.3, -0.25) is 0 Å². The Bertz CT molecular complexity index is 734. The minimum atomic E-state index is -1.23. The Morgan fingerprint density at radius 3 is 2.56 bits per heavy atom. The van der Waals surface area contributed by atoms with Crippen LogP contribution in [-0.4, -0.2) is 50.6 Å². The van der Waals surface area contributed by atoms with Gasteiger partial charge in [-0.1, -0.05) is 6.07 Å². The predicted molar refractivity (Wildman–Crippen MR) is 85.7 cm³/mol. The van der Waals surface area contributed by atoms with Gasteiger partial charge in [-0.2, -0.15) is 0 Å². The van der Waals surface area contributed by atoms with Crippen molar-refractivity contribution < 1.29 is 24.1 Å². The van der Waals surface area contributed by atoms with Gasteiger partial charge >= 0.3 is 0 Å². The highest BCUT2D eigenvalue weighted by Gasteiger charge is 2.46. The lowest BCUT2D eigenvalue weighted by Gasteiger charge is -2.28. The zero-order valence-electron chi connectivity index (χ0n) is 13.5. The fourth-order valence-electron chi connectivity index (χ4n) is 3.35. The maximum atomic E-state index is 13.4. The first-order valence-electron chi connectivity index (χ1n) is 7.88. The van der Waals surface area contributed by atoms with Gasteiger partial charge in [0.25, 0.3) is 0 Å². The van der Waals surface area contributed by atoms with E-state index in [9.17, 15) is 24.1 Å². The normalized spacial score (nSPS) is 27.3. The number of anilines is 1. The highest BCUT2D eigenvalue weighted by atomic mass is 19.2. The third-order valence-corrected chi connectivity index (χ3v) is 4.81. The molecule has 3 rings (SSSR count). The van der Waals surface area contributed by atoms with E-state index in [-0.39, 0.29) is 12.0 Å². The quantitative estimate of drug-likeness (QED) is 0.763. The van der Waals surface area contributed by atoms with E-state index >= 15 is 0 Å². The number of aliphatic hydroxyl groups excluding tert-OH is 3. The maximum Gasteiger partial charge on any atom is 0.159 e. The molecule has 0 bridgehead atoms. The summed E-state index contributed by atoms with van der Waals surface area (Å²) in [5.41, 5.74) is 0.153. The second-order valence-corrected chi connectivity index (χ2v) is 6.24. The summed E-state index contributed by atoms with van der Waals surface area (Å²) in [6.45, 7) is 0. The largest absolute Gasteiger partial charge is 0.390 e. The van der Waals surface area contributed by atoms with E-state index < -0.39 is 41.9 Å². The maximum absolute atomic E-state index is 13.4. The van der Waals surface area contributed by atoms with Crippen molar-refractivity contribution in [3.8, 4) is 0 Å². The molecule has 1 aromatic heterocycles. The molecule has 1 heterocycles. The molecule has 1 aromatic carbocycles. The number of hydrogen-bond acceptors (Lipinski definition) is 6. The Hall–Kier alpha value is -2.16. The molecule has 1 fully saturated rings. The van der Waals surface area contributed by atoms with E-state index in [4.69, 9.17) is 0 Å². The van der Waals surface area contributed by atoms with Gasteiger partial charge < -0.3 is 20.2 Å². The van der Waals surface area contributed by atoms with Crippen LogP contribution in [0.25, 0.3) is 0 Å². The van der Waals surface area contributed by atoms with Gasteiger partial charge in [0.2, 0.25) is 0 Å². The number of aromatic nitrogens is 2. The summed E-state index contributed by atoms with van der Waals surface area (Å²) in [5, 5.41) is 31.2. The molecule has 5 atom stereocenters. The molecule has 0 aliphatic heterocycles. The first kappa shape index (κ1) is 17.7. The van der Waals surface area contributed by atoms with Gasteiger partial charge in [-0.15, -0.1) is 0 Å². The molecule has 3 N–H and O–H groups in total. The SMILES string of the molecule is CN(c1ccncn1)C1CC(C(O)c2ccc(F)c(F)c2)[C@@H](O)[C@H]1O. The lowest BCUT2D eigenvalue weighted by Crippen LogP contribution is -2.41. The Morgan fingerprint density at radius 2 is 1.92 bits per heavy atom. The number of nitrogens with zero attached hydrogens (tertiary/aromatic N) is 3. The molecular formula is C17H19F2N3O3. The predicted octanol–water partition coefficient (Wildman–Crippen LogP) is 1.03. The number of rotatable bonds is 4. The third-order valence-electron chi connectivity index (χ3n) is 4.81. The molecule has 0 saturated heterocycles. The van der Waals surface area contributed by atoms with Crippen LogP contribution in [0.4, 0.5) is 14.6 Å². The van der Waals surface area contributed by atoms with E-state index in [1.165, 1.54) is 12.4 Å². The Labute approximate surface area is 143 Å². The van der Waals surface area contributed by atoms with Crippen molar-refractivity contribution in [2.75, 3.05) is 11.9 Å². The number of benzene rings is 1. The topological polar surface area (TPSA) is 89.7 Å². The molecule has 0 radical (unpaired) electrons. The van der Waals surface area contributed by atoms with E-state index in [1.54, 1.807) is 24.2 Å². The highest BCUT2D eigenvalue weighted by molar-refractivity contribution is 5.38. The summed E-state index contributed by atoms with van der Waals surface area (Å²) in [4.78, 5) is 9.63. The zero-order valence-corrected chi connectivity index (χ0v) is 13.5. The fraction of sp³-hybridized carbons (Fsp3) is 0.412. The molecule has 3 unspecified atom stereocenters. The van der Waals surface area contributed by atoms with E-state index in [2.05, 4.69) is 9.97 Å². The van der Waals surface area contributed by atoms with Crippen LogP contribution in [0.1, 0.15) is 18.1 Å². The molecular weight excluding hydrogens is 332 g/mol. The van der Waals surface area contributed by atoms with Crippen LogP contribution in [0.3, 0.4) is 0 Å². The lowest BCUT2D eigenvalue weighted by atomic mass is 9.92. The van der Waals surface area contributed by atoms with Gasteiger partial charge in [-0.25, -0.2) is 18.7 Å². The third kappa shape index (κ3) is 3.33. The summed E-state index contributed by atoms with van der Waals surface area (Å²) >= 11 is 0. The number of aliphatic hydroxyl groups is 3. The average molecular weight is 351 g/mol. The summed E-state index contributed by atoms with van der Waals surface area (Å²) in [5.74, 6) is -2.24. The van der Waals surface area contributed by atoms with E-state index in [0.717, 1.165) is 12.1 Å². The van der Waals surface area contributed by atoms with Crippen molar-refractivity contribution in [2.45, 2.75) is 30.8 Å². The van der Waals surface area contributed by atoms with Gasteiger partial charge in [0.1, 0.15) is 18.2 Å². The summed E-state index contributed by atoms with van der Waals surface area (Å²) in [6.07, 6.45) is -0.379. The molecule has 0 amide bonds. The first-order chi connectivity index (χ1) is 11.9. The average Bonchev–Trinajstić information content (AvgIpc) is 2.92. The van der Waals surface area contributed by atoms with E-state index in [1.807, 2.05) is 0 Å². The molecule has 134 valence electrons.